The first-order chi connectivity index (χ1) is 4.88. The molecule has 1 heterocycles. The number of fused-ring (bicyclic) bond motifs is 1. The van der Waals surface area contributed by atoms with Crippen LogP contribution in [0.25, 0.3) is 0 Å². The maximum atomic E-state index is 5.94. The van der Waals surface area contributed by atoms with Gasteiger partial charge in [0.2, 0.25) is 0 Å². The Balaban J connectivity index is 2.03. The molecule has 10 heavy (non-hydrogen) atoms. The molecule has 1 aliphatic carbocycles. The van der Waals surface area contributed by atoms with E-state index in [2.05, 4.69) is 0 Å². The van der Waals surface area contributed by atoms with Gasteiger partial charge in [-0.2, -0.15) is 0 Å². The van der Waals surface area contributed by atoms with Gasteiger partial charge in [-0.05, 0) is 25.7 Å². The van der Waals surface area contributed by atoms with Gasteiger partial charge < -0.3 is 10.5 Å². The van der Waals surface area contributed by atoms with Crippen molar-refractivity contribution in [2.45, 2.75) is 37.8 Å². The van der Waals surface area contributed by atoms with E-state index in [0.717, 1.165) is 6.61 Å². The van der Waals surface area contributed by atoms with Crippen molar-refractivity contribution in [2.24, 2.45) is 11.7 Å². The summed E-state index contributed by atoms with van der Waals surface area (Å²) in [7, 11) is 0. The smallest absolute Gasteiger partial charge is 0.0618 e. The van der Waals surface area contributed by atoms with E-state index in [1.54, 1.807) is 0 Å². The summed E-state index contributed by atoms with van der Waals surface area (Å²) in [5.74, 6) is 0.689. The van der Waals surface area contributed by atoms with Crippen LogP contribution in [0.3, 0.4) is 0 Å². The fourth-order valence-electron chi connectivity index (χ4n) is 2.22. The average molecular weight is 141 g/mol. The Hall–Kier alpha value is -0.0800. The molecule has 0 aromatic rings. The van der Waals surface area contributed by atoms with Crippen LogP contribution >= 0.6 is 0 Å². The van der Waals surface area contributed by atoms with Crippen molar-refractivity contribution in [3.63, 3.8) is 0 Å². The first-order valence-electron chi connectivity index (χ1n) is 4.25. The molecule has 58 valence electrons. The molecule has 3 atom stereocenters. The molecule has 0 amide bonds. The molecule has 1 aliphatic heterocycles. The predicted molar refractivity (Wildman–Crippen MR) is 39.7 cm³/mol. The Bertz CT molecular complexity index is 126. The van der Waals surface area contributed by atoms with Crippen LogP contribution in [0.2, 0.25) is 0 Å². The molecule has 2 rings (SSSR count). The van der Waals surface area contributed by atoms with Gasteiger partial charge in [0, 0.05) is 18.6 Å². The standard InChI is InChI=1S/C8H15NO/c9-7-2-1-3-8-6(7)4-5-10-8/h6-8H,1-5,9H2/t6-,7-,8+/m1/s1. The highest BCUT2D eigenvalue weighted by Gasteiger charge is 2.35. The molecule has 0 unspecified atom stereocenters. The molecule has 2 nitrogen and oxygen atoms in total. The van der Waals surface area contributed by atoms with E-state index in [9.17, 15) is 0 Å². The van der Waals surface area contributed by atoms with Crippen LogP contribution in [0.5, 0.6) is 0 Å². The summed E-state index contributed by atoms with van der Waals surface area (Å²) in [6.07, 6.45) is 5.44. The maximum absolute atomic E-state index is 5.94. The summed E-state index contributed by atoms with van der Waals surface area (Å²) in [6, 6.07) is 0.432. The first-order valence-corrected chi connectivity index (χ1v) is 4.25. The summed E-state index contributed by atoms with van der Waals surface area (Å²) in [5.41, 5.74) is 5.94. The van der Waals surface area contributed by atoms with E-state index in [0.29, 0.717) is 18.1 Å². The third-order valence-corrected chi connectivity index (χ3v) is 2.84. The van der Waals surface area contributed by atoms with Crippen LogP contribution in [0, 0.1) is 5.92 Å². The molecule has 2 aliphatic rings. The van der Waals surface area contributed by atoms with Gasteiger partial charge in [-0.3, -0.25) is 0 Å². The number of nitrogens with two attached hydrogens (primary N) is 1. The number of rotatable bonds is 0. The van der Waals surface area contributed by atoms with Crippen LogP contribution in [-0.4, -0.2) is 18.8 Å². The lowest BCUT2D eigenvalue weighted by atomic mass is 9.82. The minimum atomic E-state index is 0.432. The van der Waals surface area contributed by atoms with Crippen molar-refractivity contribution in [3.8, 4) is 0 Å². The Morgan fingerprint density at radius 1 is 1.20 bits per heavy atom. The van der Waals surface area contributed by atoms with Crippen molar-refractivity contribution in [2.75, 3.05) is 6.61 Å². The Labute approximate surface area is 61.7 Å². The van der Waals surface area contributed by atoms with E-state index in [-0.39, 0.29) is 0 Å². The highest BCUT2D eigenvalue weighted by atomic mass is 16.5. The summed E-state index contributed by atoms with van der Waals surface area (Å²) in [4.78, 5) is 0. The van der Waals surface area contributed by atoms with Crippen molar-refractivity contribution in [1.82, 2.24) is 0 Å². The van der Waals surface area contributed by atoms with E-state index in [4.69, 9.17) is 10.5 Å². The van der Waals surface area contributed by atoms with E-state index >= 15 is 0 Å². The van der Waals surface area contributed by atoms with Gasteiger partial charge in [0.15, 0.2) is 0 Å². The van der Waals surface area contributed by atoms with Crippen LogP contribution in [0.4, 0.5) is 0 Å². The average Bonchev–Trinajstić information content (AvgIpc) is 2.36. The molecule has 2 N–H and O–H groups in total. The summed E-state index contributed by atoms with van der Waals surface area (Å²) in [6.45, 7) is 0.947. The highest BCUT2D eigenvalue weighted by molar-refractivity contribution is 4.88. The van der Waals surface area contributed by atoms with E-state index in [1.807, 2.05) is 0 Å². The second-order valence-electron chi connectivity index (χ2n) is 3.46. The lowest BCUT2D eigenvalue weighted by Crippen LogP contribution is -2.38. The Kier molecular flexibility index (Phi) is 1.66. The zero-order valence-corrected chi connectivity index (χ0v) is 6.25. The molecule has 2 fully saturated rings. The monoisotopic (exact) mass is 141 g/mol. The fraction of sp³-hybridized carbons (Fsp3) is 1.00. The number of hydrogen-bond acceptors (Lipinski definition) is 2. The molecule has 1 saturated carbocycles. The second kappa shape index (κ2) is 2.51. The van der Waals surface area contributed by atoms with Gasteiger partial charge in [-0.15, -0.1) is 0 Å². The van der Waals surface area contributed by atoms with Crippen LogP contribution < -0.4 is 5.73 Å². The quantitative estimate of drug-likeness (QED) is 0.544. The zero-order chi connectivity index (χ0) is 6.97. The van der Waals surface area contributed by atoms with Gasteiger partial charge in [-0.1, -0.05) is 0 Å². The normalized spacial score (nSPS) is 47.1. The summed E-state index contributed by atoms with van der Waals surface area (Å²) >= 11 is 0. The molecule has 1 saturated heterocycles. The van der Waals surface area contributed by atoms with Crippen LogP contribution in [0.15, 0.2) is 0 Å². The third kappa shape index (κ3) is 0.956. The van der Waals surface area contributed by atoms with Gasteiger partial charge in [0.1, 0.15) is 0 Å². The van der Waals surface area contributed by atoms with Gasteiger partial charge in [0.05, 0.1) is 6.10 Å². The van der Waals surface area contributed by atoms with Crippen LogP contribution in [-0.2, 0) is 4.74 Å². The molecule has 2 heteroatoms. The van der Waals surface area contributed by atoms with Crippen molar-refractivity contribution in [1.29, 1.82) is 0 Å². The molecular formula is C8H15NO. The Morgan fingerprint density at radius 3 is 2.90 bits per heavy atom. The fourth-order valence-corrected chi connectivity index (χ4v) is 2.22. The molecule has 0 spiro atoms. The molecular weight excluding hydrogens is 126 g/mol. The minimum Gasteiger partial charge on any atom is -0.378 e. The lowest BCUT2D eigenvalue weighted by molar-refractivity contribution is 0.0593. The third-order valence-electron chi connectivity index (χ3n) is 2.84. The van der Waals surface area contributed by atoms with E-state index < -0.39 is 0 Å². The first kappa shape index (κ1) is 6.62. The lowest BCUT2D eigenvalue weighted by Gasteiger charge is -2.29. The maximum Gasteiger partial charge on any atom is 0.0618 e. The van der Waals surface area contributed by atoms with Gasteiger partial charge in [-0.25, -0.2) is 0 Å². The van der Waals surface area contributed by atoms with Crippen molar-refractivity contribution < 1.29 is 4.74 Å². The molecule has 0 radical (unpaired) electrons. The Morgan fingerprint density at radius 2 is 2.10 bits per heavy atom. The predicted octanol–water partition coefficient (Wildman–Crippen LogP) is 0.903. The SMILES string of the molecule is N[C@@H]1CCC[C@@H]2OCC[C@H]12. The van der Waals surface area contributed by atoms with Crippen molar-refractivity contribution in [3.05, 3.63) is 0 Å². The largest absolute Gasteiger partial charge is 0.378 e. The topological polar surface area (TPSA) is 35.2 Å². The molecule has 0 aromatic carbocycles. The van der Waals surface area contributed by atoms with E-state index in [1.165, 1.54) is 25.7 Å². The van der Waals surface area contributed by atoms with Gasteiger partial charge >= 0.3 is 0 Å². The number of ether oxygens (including phenoxy) is 1. The minimum absolute atomic E-state index is 0.432. The number of hydrogen-bond donors (Lipinski definition) is 1. The zero-order valence-electron chi connectivity index (χ0n) is 6.25. The molecule has 0 aromatic heterocycles. The van der Waals surface area contributed by atoms with Crippen LogP contribution in [0.1, 0.15) is 25.7 Å². The van der Waals surface area contributed by atoms with Gasteiger partial charge in [0.25, 0.3) is 0 Å². The highest BCUT2D eigenvalue weighted by Crippen LogP contribution is 2.33. The summed E-state index contributed by atoms with van der Waals surface area (Å²) in [5, 5.41) is 0. The second-order valence-corrected chi connectivity index (χ2v) is 3.46. The van der Waals surface area contributed by atoms with Crippen molar-refractivity contribution >= 4 is 0 Å². The molecule has 0 bridgehead atoms. The summed E-state index contributed by atoms with van der Waals surface area (Å²) < 4.78 is 5.55.